The van der Waals surface area contributed by atoms with Crippen molar-refractivity contribution in [2.75, 3.05) is 26.4 Å². The van der Waals surface area contributed by atoms with Gasteiger partial charge in [0.15, 0.2) is 12.6 Å². The van der Waals surface area contributed by atoms with Crippen LogP contribution >= 0.6 is 0 Å². The molecule has 1 N–H and O–H groups in total. The first kappa shape index (κ1) is 16.7. The second kappa shape index (κ2) is 8.08. The lowest BCUT2D eigenvalue weighted by atomic mass is 9.93. The molecule has 0 radical (unpaired) electrons. The summed E-state index contributed by atoms with van der Waals surface area (Å²) < 4.78 is 22.2. The highest BCUT2D eigenvalue weighted by atomic mass is 16.7. The Balaban J connectivity index is 1.78. The SMILES string of the molecule is CC(COC1CCCCO1)(COC1CCCCO1)C(=O)O. The molecule has 122 valence electrons. The van der Waals surface area contributed by atoms with Gasteiger partial charge in [0.25, 0.3) is 0 Å². The van der Waals surface area contributed by atoms with Crippen LogP contribution in [-0.2, 0) is 23.7 Å². The first-order chi connectivity index (χ1) is 10.1. The van der Waals surface area contributed by atoms with E-state index in [-0.39, 0.29) is 25.8 Å². The van der Waals surface area contributed by atoms with Gasteiger partial charge in [-0.3, -0.25) is 4.79 Å². The van der Waals surface area contributed by atoms with Crippen LogP contribution in [0.1, 0.15) is 45.4 Å². The molecule has 0 aromatic carbocycles. The molecule has 2 saturated heterocycles. The minimum atomic E-state index is -1.08. The molecule has 2 heterocycles. The molecule has 2 rings (SSSR count). The molecule has 0 saturated carbocycles. The number of ether oxygens (including phenoxy) is 4. The van der Waals surface area contributed by atoms with Gasteiger partial charge in [0, 0.05) is 13.2 Å². The van der Waals surface area contributed by atoms with Gasteiger partial charge in [-0.15, -0.1) is 0 Å². The van der Waals surface area contributed by atoms with Crippen LogP contribution in [0, 0.1) is 5.41 Å². The average Bonchev–Trinajstić information content (AvgIpc) is 2.53. The van der Waals surface area contributed by atoms with E-state index >= 15 is 0 Å². The molecule has 6 heteroatoms. The Morgan fingerprint density at radius 2 is 1.52 bits per heavy atom. The van der Waals surface area contributed by atoms with E-state index in [4.69, 9.17) is 18.9 Å². The molecule has 0 bridgehead atoms. The number of hydrogen-bond acceptors (Lipinski definition) is 5. The van der Waals surface area contributed by atoms with Gasteiger partial charge < -0.3 is 24.1 Å². The first-order valence-corrected chi connectivity index (χ1v) is 7.80. The molecular formula is C15H26O6. The summed E-state index contributed by atoms with van der Waals surface area (Å²) in [5, 5.41) is 9.45. The Bertz CT molecular complexity index is 298. The van der Waals surface area contributed by atoms with Crippen LogP contribution in [0.4, 0.5) is 0 Å². The Morgan fingerprint density at radius 1 is 1.05 bits per heavy atom. The van der Waals surface area contributed by atoms with Crippen LogP contribution in [0.2, 0.25) is 0 Å². The normalized spacial score (nSPS) is 29.8. The van der Waals surface area contributed by atoms with Crippen molar-refractivity contribution in [2.24, 2.45) is 5.41 Å². The zero-order valence-corrected chi connectivity index (χ0v) is 12.7. The number of aliphatic carboxylic acids is 1. The molecule has 2 aliphatic heterocycles. The number of carboxylic acids is 1. The molecule has 21 heavy (non-hydrogen) atoms. The predicted molar refractivity (Wildman–Crippen MR) is 74.8 cm³/mol. The molecule has 0 spiro atoms. The van der Waals surface area contributed by atoms with Crippen LogP contribution in [0.3, 0.4) is 0 Å². The quantitative estimate of drug-likeness (QED) is 0.777. The topological polar surface area (TPSA) is 74.2 Å². The van der Waals surface area contributed by atoms with Crippen LogP contribution in [0.25, 0.3) is 0 Å². The Labute approximate surface area is 125 Å². The van der Waals surface area contributed by atoms with Gasteiger partial charge in [0.2, 0.25) is 0 Å². The molecule has 0 amide bonds. The maximum absolute atomic E-state index is 11.5. The molecule has 2 atom stereocenters. The van der Waals surface area contributed by atoms with Gasteiger partial charge in [-0.25, -0.2) is 0 Å². The Hall–Kier alpha value is -0.690. The van der Waals surface area contributed by atoms with Crippen molar-refractivity contribution in [3.63, 3.8) is 0 Å². The van der Waals surface area contributed by atoms with Crippen molar-refractivity contribution < 1.29 is 28.8 Å². The maximum Gasteiger partial charge on any atom is 0.314 e. The second-order valence-corrected chi connectivity index (χ2v) is 6.08. The van der Waals surface area contributed by atoms with E-state index < -0.39 is 11.4 Å². The molecule has 2 aliphatic rings. The lowest BCUT2D eigenvalue weighted by molar-refractivity contribution is -0.211. The van der Waals surface area contributed by atoms with Gasteiger partial charge in [0.05, 0.1) is 13.2 Å². The third-order valence-electron chi connectivity index (χ3n) is 3.97. The molecular weight excluding hydrogens is 276 g/mol. The summed E-state index contributed by atoms with van der Waals surface area (Å²) in [6.45, 7) is 3.17. The maximum atomic E-state index is 11.5. The molecule has 0 aliphatic carbocycles. The van der Waals surface area contributed by atoms with Crippen LogP contribution in [0.15, 0.2) is 0 Å². The highest BCUT2D eigenvalue weighted by molar-refractivity contribution is 5.74. The summed E-state index contributed by atoms with van der Waals surface area (Å²) in [5.74, 6) is -0.922. The Kier molecular flexibility index (Phi) is 6.41. The van der Waals surface area contributed by atoms with Crippen LogP contribution in [-0.4, -0.2) is 50.1 Å². The summed E-state index contributed by atoms with van der Waals surface area (Å²) in [7, 11) is 0. The zero-order chi connectivity index (χ0) is 15.1. The molecule has 2 fully saturated rings. The van der Waals surface area contributed by atoms with Crippen molar-refractivity contribution in [1.82, 2.24) is 0 Å². The van der Waals surface area contributed by atoms with Gasteiger partial charge in [-0.1, -0.05) is 0 Å². The zero-order valence-electron chi connectivity index (χ0n) is 12.7. The molecule has 2 unspecified atom stereocenters. The van der Waals surface area contributed by atoms with Crippen molar-refractivity contribution in [3.05, 3.63) is 0 Å². The lowest BCUT2D eigenvalue weighted by Crippen LogP contribution is -2.41. The second-order valence-electron chi connectivity index (χ2n) is 6.08. The van der Waals surface area contributed by atoms with E-state index in [1.54, 1.807) is 6.92 Å². The van der Waals surface area contributed by atoms with E-state index in [1.807, 2.05) is 0 Å². The largest absolute Gasteiger partial charge is 0.481 e. The highest BCUT2D eigenvalue weighted by Gasteiger charge is 2.36. The highest BCUT2D eigenvalue weighted by Crippen LogP contribution is 2.24. The average molecular weight is 302 g/mol. The minimum Gasteiger partial charge on any atom is -0.481 e. The molecule has 6 nitrogen and oxygen atoms in total. The van der Waals surface area contributed by atoms with E-state index in [9.17, 15) is 9.90 Å². The summed E-state index contributed by atoms with van der Waals surface area (Å²) in [6.07, 6.45) is 5.26. The van der Waals surface area contributed by atoms with Gasteiger partial charge in [-0.2, -0.15) is 0 Å². The fraction of sp³-hybridized carbons (Fsp3) is 0.933. The molecule has 0 aromatic heterocycles. The van der Waals surface area contributed by atoms with Crippen molar-refractivity contribution in [3.8, 4) is 0 Å². The van der Waals surface area contributed by atoms with Gasteiger partial charge in [-0.05, 0) is 45.4 Å². The van der Waals surface area contributed by atoms with Gasteiger partial charge in [0.1, 0.15) is 5.41 Å². The fourth-order valence-electron chi connectivity index (χ4n) is 2.40. The third kappa shape index (κ3) is 5.21. The number of carbonyl (C=O) groups is 1. The monoisotopic (exact) mass is 302 g/mol. The van der Waals surface area contributed by atoms with Crippen molar-refractivity contribution >= 4 is 5.97 Å². The van der Waals surface area contributed by atoms with E-state index in [2.05, 4.69) is 0 Å². The summed E-state index contributed by atoms with van der Waals surface area (Å²) in [6, 6.07) is 0. The standard InChI is InChI=1S/C15H26O6/c1-15(14(16)17,10-20-12-6-2-4-8-18-12)11-21-13-7-3-5-9-19-13/h12-13H,2-11H2,1H3,(H,16,17). The summed E-state index contributed by atoms with van der Waals surface area (Å²) >= 11 is 0. The van der Waals surface area contributed by atoms with E-state index in [0.29, 0.717) is 13.2 Å². The molecule has 0 aromatic rings. The fourth-order valence-corrected chi connectivity index (χ4v) is 2.40. The van der Waals surface area contributed by atoms with Crippen LogP contribution < -0.4 is 0 Å². The predicted octanol–water partition coefficient (Wildman–Crippen LogP) is 2.16. The minimum absolute atomic E-state index is 0.0831. The van der Waals surface area contributed by atoms with Crippen molar-refractivity contribution in [2.45, 2.75) is 58.0 Å². The van der Waals surface area contributed by atoms with E-state index in [0.717, 1.165) is 38.5 Å². The Morgan fingerprint density at radius 3 is 1.86 bits per heavy atom. The summed E-state index contributed by atoms with van der Waals surface area (Å²) in [5.41, 5.74) is -1.08. The van der Waals surface area contributed by atoms with Crippen molar-refractivity contribution in [1.29, 1.82) is 0 Å². The van der Waals surface area contributed by atoms with Crippen LogP contribution in [0.5, 0.6) is 0 Å². The van der Waals surface area contributed by atoms with E-state index in [1.165, 1.54) is 0 Å². The van der Waals surface area contributed by atoms with Gasteiger partial charge >= 0.3 is 5.97 Å². The number of hydrogen-bond donors (Lipinski definition) is 1. The summed E-state index contributed by atoms with van der Waals surface area (Å²) in [4.78, 5) is 11.5. The number of rotatable bonds is 7. The third-order valence-corrected chi connectivity index (χ3v) is 3.97. The lowest BCUT2D eigenvalue weighted by Gasteiger charge is -2.31. The number of carboxylic acid groups (broad SMARTS) is 1. The smallest absolute Gasteiger partial charge is 0.314 e. The first-order valence-electron chi connectivity index (χ1n) is 7.80.